The summed E-state index contributed by atoms with van der Waals surface area (Å²) in [5, 5.41) is 16.8. The average molecular weight is 569 g/mol. The molecule has 0 bridgehead atoms. The average Bonchev–Trinajstić information content (AvgIpc) is 3.08. The number of fused-ring (bicyclic) bond motifs is 1. The molecule has 0 saturated carbocycles. The van der Waals surface area contributed by atoms with Gasteiger partial charge in [0, 0.05) is 18.5 Å². The zero-order valence-corrected chi connectivity index (χ0v) is 22.5. The number of nitrogens with zero attached hydrogens (tertiary/aromatic N) is 4. The number of carboxylic acids is 1. The molecule has 4 atom stereocenters. The Bertz CT molecular complexity index is 1280. The van der Waals surface area contributed by atoms with Crippen molar-refractivity contribution in [3.8, 4) is 5.75 Å². The molecule has 2 aliphatic heterocycles. The Morgan fingerprint density at radius 1 is 1.27 bits per heavy atom. The Balaban J connectivity index is 1.85. The number of carboxylic acid groups (broad SMARTS) is 1. The van der Waals surface area contributed by atoms with E-state index >= 15 is 0 Å². The molecule has 2 saturated heterocycles. The van der Waals surface area contributed by atoms with Gasteiger partial charge in [0.1, 0.15) is 17.8 Å². The van der Waals surface area contributed by atoms with Gasteiger partial charge in [-0.2, -0.15) is 4.79 Å². The first-order valence-electron chi connectivity index (χ1n) is 13.0. The summed E-state index contributed by atoms with van der Waals surface area (Å²) in [7, 11) is 1.45. The number of carbonyl (C=O) groups is 6. The van der Waals surface area contributed by atoms with Crippen LogP contribution >= 0.6 is 0 Å². The Hall–Kier alpha value is -4.84. The van der Waals surface area contributed by atoms with Crippen molar-refractivity contribution in [1.82, 2.24) is 20.7 Å². The molecule has 1 unspecified atom stereocenters. The summed E-state index contributed by atoms with van der Waals surface area (Å²) in [6.07, 6.45) is 2.05. The maximum Gasteiger partial charge on any atom is 0.325 e. The highest BCUT2D eigenvalue weighted by Crippen LogP contribution is 2.26. The maximum atomic E-state index is 13.7. The van der Waals surface area contributed by atoms with E-state index < -0.39 is 59.4 Å². The summed E-state index contributed by atoms with van der Waals surface area (Å²) in [5.41, 5.74) is 9.08. The van der Waals surface area contributed by atoms with Gasteiger partial charge in [0.15, 0.2) is 0 Å². The van der Waals surface area contributed by atoms with Crippen LogP contribution in [0.1, 0.15) is 48.9 Å². The zero-order valence-electron chi connectivity index (χ0n) is 22.5. The van der Waals surface area contributed by atoms with Crippen LogP contribution in [-0.2, 0) is 24.0 Å². The zero-order chi connectivity index (χ0) is 30.1. The topological polar surface area (TPSA) is 199 Å². The predicted octanol–water partition coefficient (Wildman–Crippen LogP) is 0.344. The van der Waals surface area contributed by atoms with E-state index in [9.17, 15) is 33.9 Å². The quantitative estimate of drug-likeness (QED) is 0.139. The lowest BCUT2D eigenvalue weighted by atomic mass is 9.94. The summed E-state index contributed by atoms with van der Waals surface area (Å²) in [5.74, 6) is -5.18. The third-order valence-corrected chi connectivity index (χ3v) is 6.97. The van der Waals surface area contributed by atoms with Gasteiger partial charge in [-0.25, -0.2) is 5.01 Å². The molecule has 4 amide bonds. The molecule has 0 aromatic heterocycles. The van der Waals surface area contributed by atoms with Crippen LogP contribution in [0.25, 0.3) is 5.53 Å². The Morgan fingerprint density at radius 3 is 2.68 bits per heavy atom. The van der Waals surface area contributed by atoms with E-state index in [1.807, 2.05) is 0 Å². The molecule has 41 heavy (non-hydrogen) atoms. The first-order chi connectivity index (χ1) is 19.6. The number of methoxy groups -OCH3 is 1. The Labute approximate surface area is 235 Å². The number of aliphatic carboxylic acids is 1. The van der Waals surface area contributed by atoms with Crippen LogP contribution in [0, 0.1) is 5.92 Å². The van der Waals surface area contributed by atoms with Crippen molar-refractivity contribution >= 4 is 41.6 Å². The van der Waals surface area contributed by atoms with Gasteiger partial charge < -0.3 is 26.0 Å². The van der Waals surface area contributed by atoms with E-state index in [1.165, 1.54) is 30.3 Å². The fourth-order valence-electron chi connectivity index (χ4n) is 4.86. The van der Waals surface area contributed by atoms with Gasteiger partial charge in [-0.1, -0.05) is 12.1 Å². The number of carbonyl (C=O) groups excluding carboxylic acids is 5. The van der Waals surface area contributed by atoms with Crippen LogP contribution in [0.15, 0.2) is 36.9 Å². The van der Waals surface area contributed by atoms with Crippen LogP contribution in [-0.4, -0.2) is 93.3 Å². The second kappa shape index (κ2) is 14.0. The molecule has 0 radical (unpaired) electrons. The van der Waals surface area contributed by atoms with Gasteiger partial charge in [0.2, 0.25) is 11.8 Å². The lowest BCUT2D eigenvalue weighted by molar-refractivity contribution is -0.176. The standard InChI is InChI=1S/C27H32N6O8/c1-3-6-17(27(39)40)14-20(22(34)15-29-28)31-25(37)21-9-5-12-32-23(35)11-10-19(26(38)33(21)32)30-24(36)16-7-4-8-18(13-16)41-2/h3-4,7-8,13,15,17,19-21H,1,5-6,9-12,14H2,2H3,(H,30,36)(H,31,37)(H,39,40)/t17?,19-,20-,21-/m0/s1. The van der Waals surface area contributed by atoms with Crippen molar-refractivity contribution in [2.24, 2.45) is 5.92 Å². The van der Waals surface area contributed by atoms with Crippen LogP contribution in [0.4, 0.5) is 0 Å². The van der Waals surface area contributed by atoms with Gasteiger partial charge in [-0.3, -0.25) is 33.8 Å². The molecule has 218 valence electrons. The molecule has 2 heterocycles. The van der Waals surface area contributed by atoms with Crippen molar-refractivity contribution in [1.29, 1.82) is 0 Å². The number of hydrogen-bond donors (Lipinski definition) is 3. The highest BCUT2D eigenvalue weighted by Gasteiger charge is 2.45. The fourth-order valence-corrected chi connectivity index (χ4v) is 4.86. The largest absolute Gasteiger partial charge is 0.497 e. The monoisotopic (exact) mass is 568 g/mol. The Morgan fingerprint density at radius 2 is 2.02 bits per heavy atom. The third-order valence-electron chi connectivity index (χ3n) is 6.97. The summed E-state index contributed by atoms with van der Waals surface area (Å²) < 4.78 is 5.14. The number of rotatable bonds is 12. The van der Waals surface area contributed by atoms with Crippen molar-refractivity contribution in [3.05, 3.63) is 48.0 Å². The van der Waals surface area contributed by atoms with Crippen molar-refractivity contribution < 1.29 is 43.4 Å². The molecular weight excluding hydrogens is 536 g/mol. The van der Waals surface area contributed by atoms with Crippen LogP contribution in [0.5, 0.6) is 5.75 Å². The molecule has 1 aromatic rings. The summed E-state index contributed by atoms with van der Waals surface area (Å²) >= 11 is 0. The molecule has 1 aromatic carbocycles. The van der Waals surface area contributed by atoms with Crippen molar-refractivity contribution in [2.45, 2.75) is 56.7 Å². The number of benzene rings is 1. The SMILES string of the molecule is C=CCC(C[C@H](NC(=O)[C@@H]1CCCN2C(=O)CC[C@H](NC(=O)c3cccc(OC)c3)C(=O)N12)C(=O)C=[N+]=[N-])C(=O)O. The normalized spacial score (nSPS) is 19.9. The Kier molecular flexibility index (Phi) is 10.5. The van der Waals surface area contributed by atoms with Crippen molar-refractivity contribution in [2.75, 3.05) is 13.7 Å². The molecule has 3 rings (SSSR count). The first kappa shape index (κ1) is 30.7. The summed E-state index contributed by atoms with van der Waals surface area (Å²) in [6.45, 7) is 3.68. The predicted molar refractivity (Wildman–Crippen MR) is 142 cm³/mol. The van der Waals surface area contributed by atoms with E-state index in [2.05, 4.69) is 22.0 Å². The van der Waals surface area contributed by atoms with Gasteiger partial charge in [-0.15, -0.1) is 6.58 Å². The van der Waals surface area contributed by atoms with Gasteiger partial charge in [-0.05, 0) is 50.3 Å². The van der Waals surface area contributed by atoms with Crippen LogP contribution in [0.2, 0.25) is 0 Å². The first-order valence-corrected chi connectivity index (χ1v) is 13.0. The van der Waals surface area contributed by atoms with E-state index in [0.717, 1.165) is 5.01 Å². The molecule has 0 aliphatic carbocycles. The minimum atomic E-state index is -1.39. The number of nitrogens with one attached hydrogen (secondary N) is 2. The molecule has 14 nitrogen and oxygen atoms in total. The lowest BCUT2D eigenvalue weighted by Crippen LogP contribution is -2.64. The van der Waals surface area contributed by atoms with Gasteiger partial charge in [0.25, 0.3) is 17.6 Å². The molecule has 14 heteroatoms. The van der Waals surface area contributed by atoms with Gasteiger partial charge in [0.05, 0.1) is 19.1 Å². The highest BCUT2D eigenvalue weighted by atomic mass is 16.5. The highest BCUT2D eigenvalue weighted by molar-refractivity contribution is 6.28. The molecule has 3 N–H and O–H groups in total. The van der Waals surface area contributed by atoms with Crippen molar-refractivity contribution in [3.63, 3.8) is 0 Å². The smallest absolute Gasteiger partial charge is 0.325 e. The minimum Gasteiger partial charge on any atom is -0.497 e. The van der Waals surface area contributed by atoms with E-state index in [1.54, 1.807) is 12.1 Å². The molecule has 2 aliphatic rings. The number of ether oxygens (including phenoxy) is 1. The number of ketones is 1. The maximum absolute atomic E-state index is 13.7. The third kappa shape index (κ3) is 7.42. The number of Topliss-reactive ketones (excluding diaryl/α,β-unsaturated/α-hetero) is 1. The molecular formula is C27H32N6O8. The van der Waals surface area contributed by atoms with Gasteiger partial charge >= 0.3 is 12.2 Å². The molecule has 0 spiro atoms. The number of hydrogen-bond acceptors (Lipinski definition) is 7. The second-order valence-corrected chi connectivity index (χ2v) is 9.66. The van der Waals surface area contributed by atoms with E-state index in [0.29, 0.717) is 18.4 Å². The van der Waals surface area contributed by atoms with E-state index in [-0.39, 0.29) is 44.2 Å². The number of allylic oxidation sites excluding steroid dienone is 1. The minimum absolute atomic E-state index is 0.00460. The van der Waals surface area contributed by atoms with Crippen LogP contribution in [0.3, 0.4) is 0 Å². The summed E-state index contributed by atoms with van der Waals surface area (Å²) in [4.78, 5) is 80.0. The number of hydrazine groups is 1. The second-order valence-electron chi connectivity index (χ2n) is 9.66. The lowest BCUT2D eigenvalue weighted by Gasteiger charge is -2.43. The van der Waals surface area contributed by atoms with E-state index in [4.69, 9.17) is 10.3 Å². The summed E-state index contributed by atoms with van der Waals surface area (Å²) in [6, 6.07) is 2.56. The number of amides is 4. The fraction of sp³-hybridized carbons (Fsp3) is 0.444. The molecule has 2 fully saturated rings. The van der Waals surface area contributed by atoms with Crippen LogP contribution < -0.4 is 15.4 Å².